The highest BCUT2D eigenvalue weighted by Gasteiger charge is 2.14. The smallest absolute Gasteiger partial charge is 0.248 e. The van der Waals surface area contributed by atoms with Crippen LogP contribution in [0.25, 0.3) is 0 Å². The van der Waals surface area contributed by atoms with Crippen molar-refractivity contribution in [1.29, 1.82) is 0 Å². The number of amides is 1. The van der Waals surface area contributed by atoms with Crippen molar-refractivity contribution in [2.45, 2.75) is 26.3 Å². The number of nitrogen functional groups attached to an aromatic ring is 1. The average molecular weight is 251 g/mol. The van der Waals surface area contributed by atoms with E-state index in [4.69, 9.17) is 16.6 Å². The third-order valence-electron chi connectivity index (χ3n) is 2.92. The molecule has 1 unspecified atom stereocenters. The Labute approximate surface area is 107 Å². The molecule has 1 amide bonds. The summed E-state index contributed by atoms with van der Waals surface area (Å²) in [6.07, 6.45) is 0.647. The summed E-state index contributed by atoms with van der Waals surface area (Å²) in [5.74, 6) is -0.128. The average Bonchev–Trinajstić information content (AvgIpc) is 2.30. The van der Waals surface area contributed by atoms with Crippen LogP contribution in [0.1, 0.15) is 30.6 Å². The Hall–Kier alpha value is -1.75. The maximum absolute atomic E-state index is 11.0. The first kappa shape index (κ1) is 14.3. The fourth-order valence-electron chi connectivity index (χ4n) is 1.76. The quantitative estimate of drug-likeness (QED) is 0.570. The number of benzene rings is 1. The monoisotopic (exact) mass is 251 g/mol. The maximum Gasteiger partial charge on any atom is 0.248 e. The van der Waals surface area contributed by atoms with Crippen molar-refractivity contribution >= 4 is 17.3 Å². The standard InChI is InChI=1S/C13H21N3O2/c1-8(2)11(5-6-17)16-12-4-3-9(13(15)18)7-10(12)14/h3-4,7-8,11,16-17H,5-6,14H2,1-2H3,(H2,15,18). The van der Waals surface area contributed by atoms with E-state index in [-0.39, 0.29) is 12.6 Å². The molecule has 1 aromatic rings. The molecule has 100 valence electrons. The summed E-state index contributed by atoms with van der Waals surface area (Å²) in [6, 6.07) is 5.07. The van der Waals surface area contributed by atoms with Crippen LogP contribution in [0.15, 0.2) is 18.2 Å². The summed E-state index contributed by atoms with van der Waals surface area (Å²) in [5, 5.41) is 12.3. The van der Waals surface area contributed by atoms with Gasteiger partial charge in [-0.3, -0.25) is 4.79 Å². The minimum Gasteiger partial charge on any atom is -0.397 e. The fourth-order valence-corrected chi connectivity index (χ4v) is 1.76. The Bertz CT molecular complexity index is 419. The molecule has 0 bridgehead atoms. The highest BCUT2D eigenvalue weighted by Crippen LogP contribution is 2.23. The van der Waals surface area contributed by atoms with Crippen molar-refractivity contribution in [3.05, 3.63) is 23.8 Å². The summed E-state index contributed by atoms with van der Waals surface area (Å²) in [4.78, 5) is 11.0. The van der Waals surface area contributed by atoms with Gasteiger partial charge in [-0.15, -0.1) is 0 Å². The SMILES string of the molecule is CC(C)C(CCO)Nc1ccc(C(N)=O)cc1N. The van der Waals surface area contributed by atoms with Crippen LogP contribution in [0, 0.1) is 5.92 Å². The van der Waals surface area contributed by atoms with E-state index in [1.54, 1.807) is 18.2 Å². The van der Waals surface area contributed by atoms with Crippen LogP contribution in [0.5, 0.6) is 0 Å². The van der Waals surface area contributed by atoms with Crippen LogP contribution in [0.4, 0.5) is 11.4 Å². The Balaban J connectivity index is 2.86. The molecule has 0 aromatic heterocycles. The first-order chi connectivity index (χ1) is 8.45. The van der Waals surface area contributed by atoms with Gasteiger partial charge in [0.15, 0.2) is 0 Å². The lowest BCUT2D eigenvalue weighted by molar-refractivity contribution is 0.100. The third kappa shape index (κ3) is 3.63. The lowest BCUT2D eigenvalue weighted by atomic mass is 10.0. The van der Waals surface area contributed by atoms with Crippen molar-refractivity contribution in [1.82, 2.24) is 0 Å². The van der Waals surface area contributed by atoms with Gasteiger partial charge in [0.2, 0.25) is 5.91 Å². The second-order valence-corrected chi connectivity index (χ2v) is 4.67. The van der Waals surface area contributed by atoms with Gasteiger partial charge in [-0.1, -0.05) is 13.8 Å². The number of nitrogens with one attached hydrogen (secondary N) is 1. The van der Waals surface area contributed by atoms with Gasteiger partial charge in [0, 0.05) is 18.2 Å². The number of carbonyl (C=O) groups is 1. The van der Waals surface area contributed by atoms with Crippen LogP contribution in [0.2, 0.25) is 0 Å². The molecule has 1 aromatic carbocycles. The molecule has 6 N–H and O–H groups in total. The number of aliphatic hydroxyl groups excluding tert-OH is 1. The van der Waals surface area contributed by atoms with Crippen LogP contribution < -0.4 is 16.8 Å². The molecule has 5 heteroatoms. The van der Waals surface area contributed by atoms with E-state index < -0.39 is 5.91 Å². The number of hydrogen-bond donors (Lipinski definition) is 4. The molecule has 1 atom stereocenters. The fraction of sp³-hybridized carbons (Fsp3) is 0.462. The van der Waals surface area contributed by atoms with Gasteiger partial charge in [0.25, 0.3) is 0 Å². The molecule has 0 fully saturated rings. The van der Waals surface area contributed by atoms with E-state index in [0.717, 1.165) is 5.69 Å². The number of hydrogen-bond acceptors (Lipinski definition) is 4. The first-order valence-electron chi connectivity index (χ1n) is 6.02. The minimum absolute atomic E-state index is 0.120. The van der Waals surface area contributed by atoms with Gasteiger partial charge in [0.05, 0.1) is 11.4 Å². The highest BCUT2D eigenvalue weighted by atomic mass is 16.3. The lowest BCUT2D eigenvalue weighted by Gasteiger charge is -2.23. The number of primary amides is 1. The minimum atomic E-state index is -0.496. The molecular weight excluding hydrogens is 230 g/mol. The zero-order valence-corrected chi connectivity index (χ0v) is 10.8. The molecule has 0 spiro atoms. The predicted molar refractivity (Wildman–Crippen MR) is 73.3 cm³/mol. The van der Waals surface area contributed by atoms with E-state index in [1.807, 2.05) is 0 Å². The molecule has 1 rings (SSSR count). The van der Waals surface area contributed by atoms with Crippen molar-refractivity contribution in [3.63, 3.8) is 0 Å². The first-order valence-corrected chi connectivity index (χ1v) is 6.02. The van der Waals surface area contributed by atoms with Gasteiger partial charge in [-0.25, -0.2) is 0 Å². The largest absolute Gasteiger partial charge is 0.397 e. The number of aliphatic hydroxyl groups is 1. The zero-order chi connectivity index (χ0) is 13.7. The van der Waals surface area contributed by atoms with Crippen LogP contribution in [-0.2, 0) is 0 Å². The van der Waals surface area contributed by atoms with Gasteiger partial charge in [0.1, 0.15) is 0 Å². The molecule has 0 heterocycles. The summed E-state index contributed by atoms with van der Waals surface area (Å²) in [7, 11) is 0. The Kier molecular flexibility index (Phi) is 4.97. The number of rotatable bonds is 6. The Morgan fingerprint density at radius 2 is 2.11 bits per heavy atom. The number of nitrogens with two attached hydrogens (primary N) is 2. The number of anilines is 2. The van der Waals surface area contributed by atoms with Crippen molar-refractivity contribution in [2.24, 2.45) is 11.7 Å². The second kappa shape index (κ2) is 6.26. The van der Waals surface area contributed by atoms with E-state index in [2.05, 4.69) is 19.2 Å². The van der Waals surface area contributed by atoms with E-state index >= 15 is 0 Å². The van der Waals surface area contributed by atoms with Crippen LogP contribution in [0.3, 0.4) is 0 Å². The molecule has 5 nitrogen and oxygen atoms in total. The summed E-state index contributed by atoms with van der Waals surface area (Å²) >= 11 is 0. The summed E-state index contributed by atoms with van der Waals surface area (Å²) in [6.45, 7) is 4.26. The zero-order valence-electron chi connectivity index (χ0n) is 10.8. The highest BCUT2D eigenvalue weighted by molar-refractivity contribution is 5.94. The van der Waals surface area contributed by atoms with Gasteiger partial charge in [-0.05, 0) is 30.5 Å². The van der Waals surface area contributed by atoms with Gasteiger partial charge in [-0.2, -0.15) is 0 Å². The summed E-state index contributed by atoms with van der Waals surface area (Å²) in [5.41, 5.74) is 12.7. The van der Waals surface area contributed by atoms with Gasteiger partial charge < -0.3 is 21.9 Å². The molecule has 0 aliphatic heterocycles. The van der Waals surface area contributed by atoms with Crippen LogP contribution in [-0.4, -0.2) is 23.7 Å². The normalized spacial score (nSPS) is 12.4. The maximum atomic E-state index is 11.0. The van der Waals surface area contributed by atoms with Gasteiger partial charge >= 0.3 is 0 Å². The predicted octanol–water partition coefficient (Wildman–Crippen LogP) is 1.19. The van der Waals surface area contributed by atoms with E-state index in [1.165, 1.54) is 0 Å². The van der Waals surface area contributed by atoms with Crippen molar-refractivity contribution < 1.29 is 9.90 Å². The van der Waals surface area contributed by atoms with Crippen molar-refractivity contribution in [2.75, 3.05) is 17.7 Å². The molecular formula is C13H21N3O2. The molecule has 0 aliphatic carbocycles. The second-order valence-electron chi connectivity index (χ2n) is 4.67. The lowest BCUT2D eigenvalue weighted by Crippen LogP contribution is -2.27. The molecule has 0 saturated carbocycles. The van der Waals surface area contributed by atoms with E-state index in [9.17, 15) is 4.79 Å². The number of carbonyl (C=O) groups excluding carboxylic acids is 1. The van der Waals surface area contributed by atoms with Crippen LogP contribution >= 0.6 is 0 Å². The van der Waals surface area contributed by atoms with E-state index in [0.29, 0.717) is 23.6 Å². The Morgan fingerprint density at radius 3 is 2.56 bits per heavy atom. The molecule has 0 saturated heterocycles. The molecule has 0 radical (unpaired) electrons. The third-order valence-corrected chi connectivity index (χ3v) is 2.92. The summed E-state index contributed by atoms with van der Waals surface area (Å²) < 4.78 is 0. The molecule has 0 aliphatic rings. The van der Waals surface area contributed by atoms with Crippen molar-refractivity contribution in [3.8, 4) is 0 Å². The Morgan fingerprint density at radius 1 is 1.44 bits per heavy atom. The topological polar surface area (TPSA) is 101 Å². The molecule has 18 heavy (non-hydrogen) atoms.